The van der Waals surface area contributed by atoms with Crippen LogP contribution in [-0.4, -0.2) is 12.6 Å². The van der Waals surface area contributed by atoms with E-state index in [1.807, 2.05) is 6.07 Å². The Balaban J connectivity index is 2.39. The Kier molecular flexibility index (Phi) is 5.84. The summed E-state index contributed by atoms with van der Waals surface area (Å²) in [6, 6.07) is 6.92. The predicted molar refractivity (Wildman–Crippen MR) is 72.5 cm³/mol. The number of hydrogen-bond acceptors (Lipinski definition) is 1. The molecule has 1 aromatic rings. The van der Waals surface area contributed by atoms with Crippen molar-refractivity contribution in [2.75, 3.05) is 11.9 Å². The number of carbonyl (C=O) groups is 1. The summed E-state index contributed by atoms with van der Waals surface area (Å²) >= 11 is 5.83. The highest BCUT2D eigenvalue weighted by Gasteiger charge is 2.06. The summed E-state index contributed by atoms with van der Waals surface area (Å²) in [6.07, 6.45) is 2.15. The van der Waals surface area contributed by atoms with E-state index in [0.29, 0.717) is 23.2 Å². The Morgan fingerprint density at radius 1 is 1.35 bits per heavy atom. The lowest BCUT2D eigenvalue weighted by molar-refractivity contribution is 0.249. The second-order valence-corrected chi connectivity index (χ2v) is 4.46. The lowest BCUT2D eigenvalue weighted by Crippen LogP contribution is -2.32. The summed E-state index contributed by atoms with van der Waals surface area (Å²) in [5, 5.41) is 6.22. The summed E-state index contributed by atoms with van der Waals surface area (Å²) in [4.78, 5) is 11.6. The van der Waals surface area contributed by atoms with Crippen LogP contribution < -0.4 is 10.6 Å². The Labute approximate surface area is 108 Å². The van der Waals surface area contributed by atoms with Crippen LogP contribution in [0.2, 0.25) is 5.02 Å². The van der Waals surface area contributed by atoms with Gasteiger partial charge in [-0.25, -0.2) is 4.79 Å². The van der Waals surface area contributed by atoms with Gasteiger partial charge in [-0.15, -0.1) is 0 Å². The van der Waals surface area contributed by atoms with Crippen LogP contribution in [0.3, 0.4) is 0 Å². The van der Waals surface area contributed by atoms with Crippen molar-refractivity contribution in [1.29, 1.82) is 0 Å². The molecule has 94 valence electrons. The van der Waals surface area contributed by atoms with Crippen molar-refractivity contribution < 1.29 is 4.79 Å². The molecule has 1 aromatic carbocycles. The van der Waals surface area contributed by atoms with Gasteiger partial charge in [-0.05, 0) is 24.1 Å². The molecule has 0 heterocycles. The van der Waals surface area contributed by atoms with Crippen LogP contribution in [0.1, 0.15) is 26.7 Å². The summed E-state index contributed by atoms with van der Waals surface area (Å²) < 4.78 is 0. The third kappa shape index (κ3) is 5.09. The molecule has 0 bridgehead atoms. The number of benzene rings is 1. The first-order valence-corrected chi connectivity index (χ1v) is 6.33. The van der Waals surface area contributed by atoms with Gasteiger partial charge in [0.1, 0.15) is 0 Å². The molecule has 0 saturated heterocycles. The SMILES string of the molecule is CCC(CC)CNC(=O)Nc1cccc(Cl)c1. The van der Waals surface area contributed by atoms with E-state index in [2.05, 4.69) is 24.5 Å². The van der Waals surface area contributed by atoms with E-state index in [-0.39, 0.29) is 6.03 Å². The van der Waals surface area contributed by atoms with Gasteiger partial charge in [0.2, 0.25) is 0 Å². The zero-order valence-corrected chi connectivity index (χ0v) is 11.1. The fourth-order valence-electron chi connectivity index (χ4n) is 1.56. The molecule has 3 nitrogen and oxygen atoms in total. The van der Waals surface area contributed by atoms with Gasteiger partial charge in [0.25, 0.3) is 0 Å². The van der Waals surface area contributed by atoms with E-state index in [9.17, 15) is 4.79 Å². The fourth-order valence-corrected chi connectivity index (χ4v) is 1.75. The topological polar surface area (TPSA) is 41.1 Å². The van der Waals surface area contributed by atoms with Crippen molar-refractivity contribution in [3.8, 4) is 0 Å². The van der Waals surface area contributed by atoms with E-state index >= 15 is 0 Å². The van der Waals surface area contributed by atoms with Crippen molar-refractivity contribution in [3.63, 3.8) is 0 Å². The molecule has 4 heteroatoms. The number of rotatable bonds is 5. The normalized spacial score (nSPS) is 10.4. The first kappa shape index (κ1) is 13.8. The van der Waals surface area contributed by atoms with Crippen molar-refractivity contribution in [2.24, 2.45) is 5.92 Å². The summed E-state index contributed by atoms with van der Waals surface area (Å²) in [6.45, 7) is 4.97. The molecule has 0 spiro atoms. The number of hydrogen-bond donors (Lipinski definition) is 2. The molecular weight excluding hydrogens is 236 g/mol. The van der Waals surface area contributed by atoms with Gasteiger partial charge in [-0.2, -0.15) is 0 Å². The summed E-state index contributed by atoms with van der Waals surface area (Å²) in [7, 11) is 0. The van der Waals surface area contributed by atoms with E-state index in [4.69, 9.17) is 11.6 Å². The zero-order valence-electron chi connectivity index (χ0n) is 10.3. The molecule has 0 unspecified atom stereocenters. The van der Waals surface area contributed by atoms with E-state index in [1.165, 1.54) is 0 Å². The Hall–Kier alpha value is -1.22. The Morgan fingerprint density at radius 3 is 2.65 bits per heavy atom. The summed E-state index contributed by atoms with van der Waals surface area (Å²) in [5.74, 6) is 0.542. The van der Waals surface area contributed by atoms with Crippen molar-refractivity contribution in [3.05, 3.63) is 29.3 Å². The molecule has 17 heavy (non-hydrogen) atoms. The Bertz CT molecular complexity index is 364. The largest absolute Gasteiger partial charge is 0.338 e. The van der Waals surface area contributed by atoms with Gasteiger partial charge >= 0.3 is 6.03 Å². The van der Waals surface area contributed by atoms with Crippen LogP contribution >= 0.6 is 11.6 Å². The van der Waals surface area contributed by atoms with Crippen LogP contribution in [0.15, 0.2) is 24.3 Å². The molecule has 0 aliphatic heterocycles. The van der Waals surface area contributed by atoms with Crippen molar-refractivity contribution >= 4 is 23.3 Å². The smallest absolute Gasteiger partial charge is 0.319 e. The summed E-state index contributed by atoms with van der Waals surface area (Å²) in [5.41, 5.74) is 0.708. The number of anilines is 1. The second kappa shape index (κ2) is 7.17. The maximum Gasteiger partial charge on any atom is 0.319 e. The minimum atomic E-state index is -0.181. The molecule has 0 atom stereocenters. The number of nitrogens with one attached hydrogen (secondary N) is 2. The first-order chi connectivity index (χ1) is 8.15. The van der Waals surface area contributed by atoms with Crippen LogP contribution in [0.4, 0.5) is 10.5 Å². The molecule has 0 radical (unpaired) electrons. The molecule has 2 N–H and O–H groups in total. The standard InChI is InChI=1S/C13H19ClN2O/c1-3-10(4-2)9-15-13(17)16-12-7-5-6-11(14)8-12/h5-8,10H,3-4,9H2,1-2H3,(H2,15,16,17). The lowest BCUT2D eigenvalue weighted by Gasteiger charge is -2.13. The van der Waals surface area contributed by atoms with Crippen molar-refractivity contribution in [1.82, 2.24) is 5.32 Å². The van der Waals surface area contributed by atoms with Crippen LogP contribution in [0, 0.1) is 5.92 Å². The van der Waals surface area contributed by atoms with Crippen LogP contribution in [0.5, 0.6) is 0 Å². The highest BCUT2D eigenvalue weighted by Crippen LogP contribution is 2.14. The van der Waals surface area contributed by atoms with Gasteiger partial charge in [-0.1, -0.05) is 44.4 Å². The van der Waals surface area contributed by atoms with Crippen LogP contribution in [-0.2, 0) is 0 Å². The van der Waals surface area contributed by atoms with E-state index in [1.54, 1.807) is 18.2 Å². The number of carbonyl (C=O) groups excluding carboxylic acids is 1. The maximum atomic E-state index is 11.6. The number of amides is 2. The highest BCUT2D eigenvalue weighted by molar-refractivity contribution is 6.30. The Morgan fingerprint density at radius 2 is 2.06 bits per heavy atom. The molecular formula is C13H19ClN2O. The molecule has 0 saturated carbocycles. The third-order valence-electron chi connectivity index (χ3n) is 2.79. The lowest BCUT2D eigenvalue weighted by atomic mass is 10.0. The quantitative estimate of drug-likeness (QED) is 0.822. The number of urea groups is 1. The van der Waals surface area contributed by atoms with Gasteiger partial charge in [0, 0.05) is 17.3 Å². The average Bonchev–Trinajstić information content (AvgIpc) is 2.30. The first-order valence-electron chi connectivity index (χ1n) is 5.96. The predicted octanol–water partition coefficient (Wildman–Crippen LogP) is 3.90. The third-order valence-corrected chi connectivity index (χ3v) is 3.02. The average molecular weight is 255 g/mol. The monoisotopic (exact) mass is 254 g/mol. The van der Waals surface area contributed by atoms with Crippen LogP contribution in [0.25, 0.3) is 0 Å². The molecule has 2 amide bonds. The van der Waals surface area contributed by atoms with E-state index < -0.39 is 0 Å². The van der Waals surface area contributed by atoms with Gasteiger partial charge in [-0.3, -0.25) is 0 Å². The molecule has 1 rings (SSSR count). The molecule has 0 aliphatic carbocycles. The molecule has 0 aliphatic rings. The van der Waals surface area contributed by atoms with Gasteiger partial charge in [0.15, 0.2) is 0 Å². The highest BCUT2D eigenvalue weighted by atomic mass is 35.5. The maximum absolute atomic E-state index is 11.6. The second-order valence-electron chi connectivity index (χ2n) is 4.03. The molecule has 0 fully saturated rings. The minimum absolute atomic E-state index is 0.181. The van der Waals surface area contributed by atoms with E-state index in [0.717, 1.165) is 12.8 Å². The fraction of sp³-hybridized carbons (Fsp3) is 0.462. The van der Waals surface area contributed by atoms with Gasteiger partial charge < -0.3 is 10.6 Å². The zero-order chi connectivity index (χ0) is 12.7. The van der Waals surface area contributed by atoms with Gasteiger partial charge in [0.05, 0.1) is 0 Å². The number of halogens is 1. The minimum Gasteiger partial charge on any atom is -0.338 e. The van der Waals surface area contributed by atoms with Crippen molar-refractivity contribution in [2.45, 2.75) is 26.7 Å². The molecule has 0 aromatic heterocycles.